The van der Waals surface area contributed by atoms with Crippen LogP contribution in [-0.2, 0) is 0 Å². The number of H-pyrrole nitrogens is 1. The first-order valence-corrected chi connectivity index (χ1v) is 8.89. The molecule has 1 aromatic carbocycles. The molecule has 0 saturated carbocycles. The summed E-state index contributed by atoms with van der Waals surface area (Å²) in [4.78, 5) is 26.9. The summed E-state index contributed by atoms with van der Waals surface area (Å²) in [6.07, 6.45) is 1.74. The first kappa shape index (κ1) is 19.1. The van der Waals surface area contributed by atoms with E-state index in [9.17, 15) is 9.59 Å². The Labute approximate surface area is 162 Å². The third-order valence-electron chi connectivity index (χ3n) is 4.81. The van der Waals surface area contributed by atoms with Gasteiger partial charge in [0.15, 0.2) is 0 Å². The minimum atomic E-state index is -0.500. The molecule has 2 heterocycles. The van der Waals surface area contributed by atoms with E-state index in [1.165, 1.54) is 6.07 Å². The number of amides is 1. The SMILES string of the molecule is Cc1ccccc1-n1ncc([C@H](C)NC(=O)c2cc(C#N)c(=O)[nH]c2C)c1C. The van der Waals surface area contributed by atoms with E-state index in [0.29, 0.717) is 5.69 Å². The Morgan fingerprint density at radius 2 is 2.00 bits per heavy atom. The molecule has 142 valence electrons. The highest BCUT2D eigenvalue weighted by Gasteiger charge is 2.19. The quantitative estimate of drug-likeness (QED) is 0.732. The molecule has 0 spiro atoms. The van der Waals surface area contributed by atoms with Gasteiger partial charge in [0.25, 0.3) is 11.5 Å². The van der Waals surface area contributed by atoms with Crippen molar-refractivity contribution in [3.63, 3.8) is 0 Å². The van der Waals surface area contributed by atoms with E-state index in [1.807, 2.05) is 49.7 Å². The average molecular weight is 375 g/mol. The van der Waals surface area contributed by atoms with Gasteiger partial charge < -0.3 is 10.3 Å². The topological polar surface area (TPSA) is 104 Å². The Bertz CT molecular complexity index is 1150. The molecule has 0 aliphatic carbocycles. The van der Waals surface area contributed by atoms with Gasteiger partial charge >= 0.3 is 0 Å². The normalized spacial score (nSPS) is 11.7. The lowest BCUT2D eigenvalue weighted by Gasteiger charge is -2.15. The van der Waals surface area contributed by atoms with Gasteiger partial charge in [0.1, 0.15) is 11.6 Å². The molecule has 2 N–H and O–H groups in total. The van der Waals surface area contributed by atoms with E-state index in [2.05, 4.69) is 15.4 Å². The van der Waals surface area contributed by atoms with Crippen LogP contribution in [0.5, 0.6) is 0 Å². The molecule has 0 aliphatic heterocycles. The average Bonchev–Trinajstić information content (AvgIpc) is 3.03. The summed E-state index contributed by atoms with van der Waals surface area (Å²) in [5.74, 6) is -0.360. The first-order valence-electron chi connectivity index (χ1n) is 8.89. The Hall–Kier alpha value is -3.66. The zero-order chi connectivity index (χ0) is 20.4. The predicted octanol–water partition coefficient (Wildman–Crippen LogP) is 2.85. The standard InChI is InChI=1S/C21H21N5O2/c1-12-7-5-6-8-19(12)26-15(4)18(11-23-26)14(3)25-21(28)17-9-16(10-22)20(27)24-13(17)2/h5-9,11,14H,1-4H3,(H,24,27)(H,25,28)/t14-/m0/s1. The van der Waals surface area contributed by atoms with Crippen LogP contribution in [0.25, 0.3) is 5.69 Å². The summed E-state index contributed by atoms with van der Waals surface area (Å²) in [6, 6.07) is 10.8. The summed E-state index contributed by atoms with van der Waals surface area (Å²) < 4.78 is 1.85. The predicted molar refractivity (Wildman–Crippen MR) is 105 cm³/mol. The molecule has 7 nitrogen and oxygen atoms in total. The van der Waals surface area contributed by atoms with Crippen molar-refractivity contribution in [3.8, 4) is 11.8 Å². The maximum atomic E-state index is 12.7. The monoisotopic (exact) mass is 375 g/mol. The largest absolute Gasteiger partial charge is 0.345 e. The number of hydrogen-bond donors (Lipinski definition) is 2. The lowest BCUT2D eigenvalue weighted by atomic mass is 10.1. The number of aromatic nitrogens is 3. The second-order valence-electron chi connectivity index (χ2n) is 6.74. The fourth-order valence-electron chi connectivity index (χ4n) is 3.19. The van der Waals surface area contributed by atoms with Crippen molar-refractivity contribution in [2.24, 2.45) is 0 Å². The second-order valence-corrected chi connectivity index (χ2v) is 6.74. The summed E-state index contributed by atoms with van der Waals surface area (Å²) in [6.45, 7) is 7.48. The highest BCUT2D eigenvalue weighted by Crippen LogP contribution is 2.22. The molecule has 3 rings (SSSR count). The summed E-state index contributed by atoms with van der Waals surface area (Å²) in [5, 5.41) is 16.4. The number of rotatable bonds is 4. The van der Waals surface area contributed by atoms with Crippen molar-refractivity contribution in [2.45, 2.75) is 33.7 Å². The van der Waals surface area contributed by atoms with Gasteiger partial charge in [-0.1, -0.05) is 18.2 Å². The highest BCUT2D eigenvalue weighted by atomic mass is 16.2. The first-order chi connectivity index (χ1) is 13.3. The molecule has 0 bridgehead atoms. The van der Waals surface area contributed by atoms with E-state index in [4.69, 9.17) is 5.26 Å². The Kier molecular flexibility index (Phi) is 5.14. The van der Waals surface area contributed by atoms with Crippen LogP contribution in [0.2, 0.25) is 0 Å². The number of benzene rings is 1. The molecule has 0 unspecified atom stereocenters. The molecule has 0 saturated heterocycles. The van der Waals surface area contributed by atoms with E-state index in [0.717, 1.165) is 22.5 Å². The van der Waals surface area contributed by atoms with Crippen LogP contribution < -0.4 is 10.9 Å². The van der Waals surface area contributed by atoms with Gasteiger partial charge in [0.2, 0.25) is 0 Å². The van der Waals surface area contributed by atoms with Crippen LogP contribution >= 0.6 is 0 Å². The number of aromatic amines is 1. The number of hydrogen-bond acceptors (Lipinski definition) is 4. The molecule has 2 aromatic heterocycles. The lowest BCUT2D eigenvalue weighted by molar-refractivity contribution is 0.0938. The lowest BCUT2D eigenvalue weighted by Crippen LogP contribution is -2.29. The number of pyridine rings is 1. The molecule has 0 aliphatic rings. The molecular formula is C21H21N5O2. The van der Waals surface area contributed by atoms with Gasteiger partial charge in [-0.05, 0) is 45.4 Å². The number of nitriles is 1. The van der Waals surface area contributed by atoms with Crippen molar-refractivity contribution >= 4 is 5.91 Å². The van der Waals surface area contributed by atoms with Gasteiger partial charge in [0.05, 0.1) is 23.5 Å². The van der Waals surface area contributed by atoms with Crippen molar-refractivity contribution in [1.29, 1.82) is 5.26 Å². The fraction of sp³-hybridized carbons (Fsp3) is 0.238. The van der Waals surface area contributed by atoms with Crippen molar-refractivity contribution < 1.29 is 4.79 Å². The molecule has 1 amide bonds. The smallest absolute Gasteiger partial charge is 0.266 e. The Morgan fingerprint density at radius 3 is 2.68 bits per heavy atom. The number of nitrogens with zero attached hydrogens (tertiary/aromatic N) is 3. The number of carbonyl (C=O) groups is 1. The molecule has 28 heavy (non-hydrogen) atoms. The van der Waals surface area contributed by atoms with Crippen LogP contribution in [-0.4, -0.2) is 20.7 Å². The second kappa shape index (κ2) is 7.53. The highest BCUT2D eigenvalue weighted by molar-refractivity contribution is 5.95. The minimum absolute atomic E-state index is 0.0908. The van der Waals surface area contributed by atoms with E-state index >= 15 is 0 Å². The van der Waals surface area contributed by atoms with E-state index in [-0.39, 0.29) is 23.1 Å². The van der Waals surface area contributed by atoms with Gasteiger partial charge in [-0.2, -0.15) is 10.4 Å². The molecule has 7 heteroatoms. The van der Waals surface area contributed by atoms with Crippen LogP contribution in [0.1, 0.15) is 51.4 Å². The molecule has 0 fully saturated rings. The van der Waals surface area contributed by atoms with Crippen molar-refractivity contribution in [1.82, 2.24) is 20.1 Å². The van der Waals surface area contributed by atoms with Gasteiger partial charge in [0, 0.05) is 17.0 Å². The third-order valence-corrected chi connectivity index (χ3v) is 4.81. The van der Waals surface area contributed by atoms with Gasteiger partial charge in [-0.15, -0.1) is 0 Å². The zero-order valence-corrected chi connectivity index (χ0v) is 16.2. The Morgan fingerprint density at radius 1 is 1.29 bits per heavy atom. The van der Waals surface area contributed by atoms with E-state index < -0.39 is 5.56 Å². The summed E-state index contributed by atoms with van der Waals surface area (Å²) >= 11 is 0. The van der Waals surface area contributed by atoms with Gasteiger partial charge in [-0.3, -0.25) is 9.59 Å². The minimum Gasteiger partial charge on any atom is -0.345 e. The van der Waals surface area contributed by atoms with Crippen LogP contribution in [0.4, 0.5) is 0 Å². The van der Waals surface area contributed by atoms with Crippen molar-refractivity contribution in [3.05, 3.63) is 80.5 Å². The number of para-hydroxylation sites is 1. The fourth-order valence-corrected chi connectivity index (χ4v) is 3.19. The molecular weight excluding hydrogens is 354 g/mol. The van der Waals surface area contributed by atoms with Gasteiger partial charge in [-0.25, -0.2) is 4.68 Å². The maximum absolute atomic E-state index is 12.7. The van der Waals surface area contributed by atoms with Crippen molar-refractivity contribution in [2.75, 3.05) is 0 Å². The zero-order valence-electron chi connectivity index (χ0n) is 16.2. The Balaban J connectivity index is 1.88. The van der Waals surface area contributed by atoms with Crippen LogP contribution in [0, 0.1) is 32.1 Å². The summed E-state index contributed by atoms with van der Waals surface area (Å²) in [5.41, 5.74) is 4.00. The van der Waals surface area contributed by atoms with E-state index in [1.54, 1.807) is 19.2 Å². The molecule has 0 radical (unpaired) electrons. The number of aryl methyl sites for hydroxylation is 2. The number of nitrogens with one attached hydrogen (secondary N) is 2. The molecule has 1 atom stereocenters. The molecule has 3 aromatic rings. The third kappa shape index (κ3) is 3.45. The van der Waals surface area contributed by atoms with Crippen LogP contribution in [0.15, 0.2) is 41.3 Å². The summed E-state index contributed by atoms with van der Waals surface area (Å²) in [7, 11) is 0. The maximum Gasteiger partial charge on any atom is 0.266 e. The number of carbonyl (C=O) groups excluding carboxylic acids is 1. The van der Waals surface area contributed by atoms with Crippen LogP contribution in [0.3, 0.4) is 0 Å².